The molecule has 0 fully saturated rings. The second-order valence-electron chi connectivity index (χ2n) is 5.68. The number of aromatic nitrogens is 5. The highest BCUT2D eigenvalue weighted by molar-refractivity contribution is 5.94. The van der Waals surface area contributed by atoms with E-state index >= 15 is 0 Å². The lowest BCUT2D eigenvalue weighted by Crippen LogP contribution is -2.30. The summed E-state index contributed by atoms with van der Waals surface area (Å²) in [4.78, 5) is 26.4. The minimum absolute atomic E-state index is 0.106. The van der Waals surface area contributed by atoms with E-state index in [0.29, 0.717) is 34.9 Å². The zero-order valence-corrected chi connectivity index (χ0v) is 14.8. The number of amides is 1. The molecule has 26 heavy (non-hydrogen) atoms. The van der Waals surface area contributed by atoms with Gasteiger partial charge in [0.25, 0.3) is 11.8 Å². The molecule has 0 radical (unpaired) electrons. The molecule has 136 valence electrons. The summed E-state index contributed by atoms with van der Waals surface area (Å²) in [7, 11) is 1.66. The SMILES string of the molecule is Cc1noc(COc2ccc(C(=O)N(C)C(C)c3nc(C)no3)cn2)n1. The molecule has 0 saturated carbocycles. The van der Waals surface area contributed by atoms with Crippen LogP contribution < -0.4 is 4.74 Å². The van der Waals surface area contributed by atoms with Crippen LogP contribution in [-0.4, -0.2) is 43.1 Å². The normalized spacial score (nSPS) is 12.0. The smallest absolute Gasteiger partial charge is 0.264 e. The largest absolute Gasteiger partial charge is 0.468 e. The quantitative estimate of drug-likeness (QED) is 0.650. The number of ether oxygens (including phenoxy) is 1. The summed E-state index contributed by atoms with van der Waals surface area (Å²) in [6.45, 7) is 5.36. The van der Waals surface area contributed by atoms with E-state index in [9.17, 15) is 4.79 Å². The van der Waals surface area contributed by atoms with Crippen LogP contribution in [0, 0.1) is 13.8 Å². The van der Waals surface area contributed by atoms with E-state index in [2.05, 4.69) is 25.3 Å². The molecule has 1 atom stereocenters. The number of carbonyl (C=O) groups excluding carboxylic acids is 1. The summed E-state index contributed by atoms with van der Waals surface area (Å²) in [6.07, 6.45) is 1.44. The van der Waals surface area contributed by atoms with Gasteiger partial charge in [0.2, 0.25) is 11.8 Å². The lowest BCUT2D eigenvalue weighted by Gasteiger charge is -2.21. The summed E-state index contributed by atoms with van der Waals surface area (Å²) >= 11 is 0. The van der Waals surface area contributed by atoms with Gasteiger partial charge in [0.15, 0.2) is 18.3 Å². The number of nitrogens with zero attached hydrogens (tertiary/aromatic N) is 6. The number of aryl methyl sites for hydroxylation is 2. The van der Waals surface area contributed by atoms with Gasteiger partial charge in [0.1, 0.15) is 6.04 Å². The lowest BCUT2D eigenvalue weighted by molar-refractivity contribution is 0.0715. The molecule has 1 amide bonds. The summed E-state index contributed by atoms with van der Waals surface area (Å²) in [6, 6.07) is 2.87. The molecule has 10 nitrogen and oxygen atoms in total. The third-order valence-electron chi connectivity index (χ3n) is 3.70. The summed E-state index contributed by atoms with van der Waals surface area (Å²) < 4.78 is 15.5. The molecule has 3 aromatic rings. The molecule has 0 saturated heterocycles. The molecule has 0 spiro atoms. The van der Waals surface area contributed by atoms with Crippen molar-refractivity contribution in [3.05, 3.63) is 47.3 Å². The van der Waals surface area contributed by atoms with E-state index in [4.69, 9.17) is 13.8 Å². The van der Waals surface area contributed by atoms with Crippen molar-refractivity contribution >= 4 is 5.91 Å². The van der Waals surface area contributed by atoms with E-state index < -0.39 is 0 Å². The monoisotopic (exact) mass is 358 g/mol. The predicted molar refractivity (Wildman–Crippen MR) is 87.1 cm³/mol. The highest BCUT2D eigenvalue weighted by Gasteiger charge is 2.23. The minimum atomic E-state index is -0.361. The van der Waals surface area contributed by atoms with Crippen LogP contribution in [0.3, 0.4) is 0 Å². The lowest BCUT2D eigenvalue weighted by atomic mass is 10.2. The van der Waals surface area contributed by atoms with Crippen molar-refractivity contribution in [3.63, 3.8) is 0 Å². The van der Waals surface area contributed by atoms with E-state index in [1.54, 1.807) is 33.0 Å². The number of rotatable bonds is 6. The van der Waals surface area contributed by atoms with Crippen molar-refractivity contribution in [2.24, 2.45) is 0 Å². The third-order valence-corrected chi connectivity index (χ3v) is 3.70. The molecule has 1 unspecified atom stereocenters. The van der Waals surface area contributed by atoms with Crippen molar-refractivity contribution in [2.75, 3.05) is 7.05 Å². The number of hydrogen-bond acceptors (Lipinski definition) is 9. The standard InChI is InChI=1S/C16H18N6O4/c1-9(15-19-11(3)21-26-15)22(4)16(23)12-5-6-13(17-7-12)24-8-14-18-10(2)20-25-14/h5-7,9H,8H2,1-4H3. The van der Waals surface area contributed by atoms with E-state index in [0.717, 1.165) is 0 Å². The van der Waals surface area contributed by atoms with Crippen molar-refractivity contribution in [1.29, 1.82) is 0 Å². The molecule has 0 bridgehead atoms. The Balaban J connectivity index is 1.62. The molecular weight excluding hydrogens is 340 g/mol. The van der Waals surface area contributed by atoms with Crippen molar-refractivity contribution in [3.8, 4) is 5.88 Å². The van der Waals surface area contributed by atoms with E-state index in [1.807, 2.05) is 6.92 Å². The van der Waals surface area contributed by atoms with E-state index in [-0.39, 0.29) is 18.6 Å². The van der Waals surface area contributed by atoms with Gasteiger partial charge in [-0.1, -0.05) is 10.3 Å². The molecule has 3 heterocycles. The second kappa shape index (κ2) is 7.30. The number of carbonyl (C=O) groups is 1. The fourth-order valence-electron chi connectivity index (χ4n) is 2.15. The van der Waals surface area contributed by atoms with Crippen LogP contribution in [0.5, 0.6) is 5.88 Å². The van der Waals surface area contributed by atoms with Crippen LogP contribution >= 0.6 is 0 Å². The van der Waals surface area contributed by atoms with Crippen LogP contribution in [0.1, 0.15) is 46.8 Å². The average Bonchev–Trinajstić information content (AvgIpc) is 3.26. The first-order chi connectivity index (χ1) is 12.4. The van der Waals surface area contributed by atoms with Crippen molar-refractivity contribution < 1.29 is 18.6 Å². The van der Waals surface area contributed by atoms with E-state index in [1.165, 1.54) is 11.1 Å². The summed E-state index contributed by atoms with van der Waals surface area (Å²) in [5.74, 6) is 1.91. The van der Waals surface area contributed by atoms with Gasteiger partial charge >= 0.3 is 0 Å². The first-order valence-corrected chi connectivity index (χ1v) is 7.89. The van der Waals surface area contributed by atoms with Crippen LogP contribution in [-0.2, 0) is 6.61 Å². The van der Waals surface area contributed by atoms with Gasteiger partial charge in [-0.3, -0.25) is 4.79 Å². The van der Waals surface area contributed by atoms with Gasteiger partial charge in [-0.25, -0.2) is 4.98 Å². The number of pyridine rings is 1. The Bertz CT molecular complexity index is 888. The topological polar surface area (TPSA) is 120 Å². The van der Waals surface area contributed by atoms with Gasteiger partial charge in [-0.05, 0) is 26.8 Å². The molecule has 0 aliphatic rings. The van der Waals surface area contributed by atoms with Crippen LogP contribution in [0.4, 0.5) is 0 Å². The summed E-state index contributed by atoms with van der Waals surface area (Å²) in [5, 5.41) is 7.42. The Labute approximate surface area is 149 Å². The fraction of sp³-hybridized carbons (Fsp3) is 0.375. The van der Waals surface area contributed by atoms with Crippen molar-refractivity contribution in [1.82, 2.24) is 30.2 Å². The molecule has 0 aromatic carbocycles. The highest BCUT2D eigenvalue weighted by atomic mass is 16.5. The Morgan fingerprint density at radius 2 is 1.92 bits per heavy atom. The highest BCUT2D eigenvalue weighted by Crippen LogP contribution is 2.19. The Morgan fingerprint density at radius 1 is 1.19 bits per heavy atom. The molecular formula is C16H18N6O4. The molecule has 0 aliphatic carbocycles. The van der Waals surface area contributed by atoms with Gasteiger partial charge in [0, 0.05) is 19.3 Å². The maximum absolute atomic E-state index is 12.6. The van der Waals surface area contributed by atoms with Crippen LogP contribution in [0.15, 0.2) is 27.4 Å². The maximum Gasteiger partial charge on any atom is 0.264 e. The maximum atomic E-state index is 12.6. The van der Waals surface area contributed by atoms with Gasteiger partial charge < -0.3 is 18.7 Å². The number of hydrogen-bond donors (Lipinski definition) is 0. The first kappa shape index (κ1) is 17.5. The Kier molecular flexibility index (Phi) is 4.92. The Hall–Kier alpha value is -3.30. The predicted octanol–water partition coefficient (Wildman–Crippen LogP) is 1.88. The van der Waals surface area contributed by atoms with Gasteiger partial charge in [-0.2, -0.15) is 9.97 Å². The minimum Gasteiger partial charge on any atom is -0.468 e. The third kappa shape index (κ3) is 3.85. The van der Waals surface area contributed by atoms with Crippen molar-refractivity contribution in [2.45, 2.75) is 33.4 Å². The average molecular weight is 358 g/mol. The van der Waals surface area contributed by atoms with Crippen LogP contribution in [0.25, 0.3) is 0 Å². The second-order valence-corrected chi connectivity index (χ2v) is 5.68. The molecule has 3 rings (SSSR count). The summed E-state index contributed by atoms with van der Waals surface area (Å²) in [5.41, 5.74) is 0.413. The molecule has 0 aliphatic heterocycles. The Morgan fingerprint density at radius 3 is 2.50 bits per heavy atom. The van der Waals surface area contributed by atoms with Crippen LogP contribution in [0.2, 0.25) is 0 Å². The first-order valence-electron chi connectivity index (χ1n) is 7.89. The van der Waals surface area contributed by atoms with Gasteiger partial charge in [0.05, 0.1) is 5.56 Å². The van der Waals surface area contributed by atoms with Gasteiger partial charge in [-0.15, -0.1) is 0 Å². The zero-order valence-electron chi connectivity index (χ0n) is 14.8. The molecule has 10 heteroatoms. The fourth-order valence-corrected chi connectivity index (χ4v) is 2.15. The molecule has 0 N–H and O–H groups in total. The molecule has 3 aromatic heterocycles. The zero-order chi connectivity index (χ0) is 18.7.